The van der Waals surface area contributed by atoms with Gasteiger partial charge in [0, 0.05) is 10.0 Å². The maximum atomic E-state index is 11.9. The Morgan fingerprint density at radius 3 is 2.61 bits per heavy atom. The molecule has 0 aliphatic carbocycles. The maximum absolute atomic E-state index is 11.9. The first-order chi connectivity index (χ1) is 10.7. The van der Waals surface area contributed by atoms with E-state index in [1.165, 1.54) is 7.11 Å². The number of hydrogen-bond donors (Lipinski definition) is 1. The Balaban J connectivity index is 2.62. The Labute approximate surface area is 146 Å². The predicted octanol–water partition coefficient (Wildman–Crippen LogP) is 5.07. The van der Waals surface area contributed by atoms with Gasteiger partial charge in [-0.3, -0.25) is 0 Å². The van der Waals surface area contributed by atoms with Crippen molar-refractivity contribution in [3.8, 4) is 5.75 Å². The van der Waals surface area contributed by atoms with E-state index in [-0.39, 0.29) is 11.3 Å². The molecular weight excluding hydrogens is 372 g/mol. The van der Waals surface area contributed by atoms with E-state index in [9.17, 15) is 9.90 Å². The van der Waals surface area contributed by atoms with Gasteiger partial charge in [-0.25, -0.2) is 4.79 Å². The molecule has 0 saturated carbocycles. The van der Waals surface area contributed by atoms with Crippen LogP contribution in [0.15, 0.2) is 40.5 Å². The Hall–Kier alpha value is -1.59. The second-order valence-electron chi connectivity index (χ2n) is 6.58. The van der Waals surface area contributed by atoms with E-state index in [0.717, 1.165) is 20.8 Å². The van der Waals surface area contributed by atoms with Crippen molar-refractivity contribution in [3.63, 3.8) is 0 Å². The summed E-state index contributed by atoms with van der Waals surface area (Å²) < 4.78 is 5.71. The lowest BCUT2D eigenvalue weighted by molar-refractivity contribution is 0.0597. The lowest BCUT2D eigenvalue weighted by atomic mass is 9.97. The first kappa shape index (κ1) is 17.8. The first-order valence-electron chi connectivity index (χ1n) is 7.43. The SMILES string of the molecule is COC(=O)c1cc2cc(Br)ccc2c(C/C=C\[Si](C)(C)C)c1O. The largest absolute Gasteiger partial charge is 0.507 e. The summed E-state index contributed by atoms with van der Waals surface area (Å²) in [5, 5.41) is 12.4. The molecule has 0 aromatic heterocycles. The van der Waals surface area contributed by atoms with Gasteiger partial charge in [0.25, 0.3) is 0 Å². The number of carbonyl (C=O) groups excluding carboxylic acids is 1. The molecule has 2 rings (SSSR count). The third kappa shape index (κ3) is 4.23. The van der Waals surface area contributed by atoms with Crippen LogP contribution in [0.1, 0.15) is 15.9 Å². The summed E-state index contributed by atoms with van der Waals surface area (Å²) in [7, 11) is 0.00861. The van der Waals surface area contributed by atoms with Gasteiger partial charge in [0.2, 0.25) is 0 Å². The number of esters is 1. The van der Waals surface area contributed by atoms with Gasteiger partial charge in [-0.2, -0.15) is 0 Å². The van der Waals surface area contributed by atoms with E-state index in [0.29, 0.717) is 6.42 Å². The average molecular weight is 393 g/mol. The maximum Gasteiger partial charge on any atom is 0.341 e. The highest BCUT2D eigenvalue weighted by Crippen LogP contribution is 2.34. The van der Waals surface area contributed by atoms with Crippen LogP contribution in [0.2, 0.25) is 19.6 Å². The number of halogens is 1. The Bertz CT molecular complexity index is 776. The highest BCUT2D eigenvalue weighted by Gasteiger charge is 2.18. The molecule has 1 N–H and O–H groups in total. The lowest BCUT2D eigenvalue weighted by Gasteiger charge is -2.13. The molecule has 0 aliphatic heterocycles. The van der Waals surface area contributed by atoms with Crippen molar-refractivity contribution >= 4 is 40.7 Å². The average Bonchev–Trinajstić information content (AvgIpc) is 2.47. The standard InChI is InChI=1S/C18H21BrO3Si/c1-22-18(21)16-11-12-10-13(19)7-8-14(12)15(17(16)20)6-5-9-23(2,3)4/h5,7-11,20H,6H2,1-4H3/b9-5-. The van der Waals surface area contributed by atoms with Crippen LogP contribution in [0.3, 0.4) is 0 Å². The van der Waals surface area contributed by atoms with E-state index in [2.05, 4.69) is 47.3 Å². The molecule has 122 valence electrons. The Morgan fingerprint density at radius 1 is 1.30 bits per heavy atom. The second kappa shape index (κ2) is 6.89. The van der Waals surface area contributed by atoms with Gasteiger partial charge >= 0.3 is 5.97 Å². The molecular formula is C18H21BrO3Si. The molecule has 2 aromatic rings. The van der Waals surface area contributed by atoms with Gasteiger partial charge in [-0.05, 0) is 35.4 Å². The van der Waals surface area contributed by atoms with Gasteiger partial charge in [0.1, 0.15) is 11.3 Å². The van der Waals surface area contributed by atoms with Crippen LogP contribution in [0, 0.1) is 0 Å². The lowest BCUT2D eigenvalue weighted by Crippen LogP contribution is -2.15. The number of allylic oxidation sites excluding steroid dienone is 1. The minimum Gasteiger partial charge on any atom is -0.507 e. The molecule has 0 amide bonds. The molecule has 0 radical (unpaired) electrons. The Kier molecular flexibility index (Phi) is 5.32. The molecule has 0 heterocycles. The fourth-order valence-corrected chi connectivity index (χ4v) is 3.65. The zero-order chi connectivity index (χ0) is 17.2. The molecule has 0 saturated heterocycles. The number of benzene rings is 2. The van der Waals surface area contributed by atoms with E-state index >= 15 is 0 Å². The molecule has 0 atom stereocenters. The zero-order valence-corrected chi connectivity index (χ0v) is 16.4. The van der Waals surface area contributed by atoms with E-state index < -0.39 is 14.0 Å². The van der Waals surface area contributed by atoms with Crippen molar-refractivity contribution in [2.24, 2.45) is 0 Å². The van der Waals surface area contributed by atoms with Gasteiger partial charge < -0.3 is 9.84 Å². The van der Waals surface area contributed by atoms with Crippen LogP contribution in [-0.2, 0) is 11.2 Å². The smallest absolute Gasteiger partial charge is 0.341 e. The fraction of sp³-hybridized carbons (Fsp3) is 0.278. The normalized spacial score (nSPS) is 12.0. The van der Waals surface area contributed by atoms with E-state index in [1.807, 2.05) is 18.2 Å². The summed E-state index contributed by atoms with van der Waals surface area (Å²) in [6, 6.07) is 7.50. The number of carbonyl (C=O) groups is 1. The zero-order valence-electron chi connectivity index (χ0n) is 13.8. The number of aromatic hydroxyl groups is 1. The van der Waals surface area contributed by atoms with Crippen molar-refractivity contribution in [1.82, 2.24) is 0 Å². The number of phenolic OH excluding ortho intramolecular Hbond substituents is 1. The van der Waals surface area contributed by atoms with Crippen LogP contribution < -0.4 is 0 Å². The number of fused-ring (bicyclic) bond motifs is 1. The summed E-state index contributed by atoms with van der Waals surface area (Å²) in [6.45, 7) is 6.76. The van der Waals surface area contributed by atoms with Crippen LogP contribution in [0.4, 0.5) is 0 Å². The van der Waals surface area contributed by atoms with Gasteiger partial charge in [0.05, 0.1) is 15.2 Å². The van der Waals surface area contributed by atoms with Gasteiger partial charge in [-0.15, -0.1) is 0 Å². The minimum atomic E-state index is -1.31. The summed E-state index contributed by atoms with van der Waals surface area (Å²) >= 11 is 3.45. The van der Waals surface area contributed by atoms with Crippen LogP contribution in [-0.4, -0.2) is 26.3 Å². The third-order valence-electron chi connectivity index (χ3n) is 3.52. The number of methoxy groups -OCH3 is 1. The summed E-state index contributed by atoms with van der Waals surface area (Å²) in [6.07, 6.45) is 2.67. The van der Waals surface area contributed by atoms with Crippen molar-refractivity contribution in [2.45, 2.75) is 26.1 Å². The van der Waals surface area contributed by atoms with E-state index in [4.69, 9.17) is 4.74 Å². The monoisotopic (exact) mass is 392 g/mol. The summed E-state index contributed by atoms with van der Waals surface area (Å²) in [5.41, 5.74) is 3.20. The third-order valence-corrected chi connectivity index (χ3v) is 5.25. The van der Waals surface area contributed by atoms with Crippen molar-refractivity contribution in [1.29, 1.82) is 0 Å². The predicted molar refractivity (Wildman–Crippen MR) is 101 cm³/mol. The first-order valence-corrected chi connectivity index (χ1v) is 11.8. The van der Waals surface area contributed by atoms with Crippen molar-refractivity contribution in [3.05, 3.63) is 51.6 Å². The van der Waals surface area contributed by atoms with Crippen LogP contribution in [0.5, 0.6) is 5.75 Å². The summed E-state index contributed by atoms with van der Waals surface area (Å²) in [5.74, 6) is -0.522. The van der Waals surface area contributed by atoms with Gasteiger partial charge in [0.15, 0.2) is 0 Å². The molecule has 0 aliphatic rings. The highest BCUT2D eigenvalue weighted by atomic mass is 79.9. The number of rotatable bonds is 4. The molecule has 0 fully saturated rings. The summed E-state index contributed by atoms with van der Waals surface area (Å²) in [4.78, 5) is 11.9. The molecule has 23 heavy (non-hydrogen) atoms. The topological polar surface area (TPSA) is 46.5 Å². The molecule has 3 nitrogen and oxygen atoms in total. The highest BCUT2D eigenvalue weighted by molar-refractivity contribution is 9.10. The molecule has 0 spiro atoms. The van der Waals surface area contributed by atoms with Gasteiger partial charge in [-0.1, -0.05) is 53.4 Å². The number of hydrogen-bond acceptors (Lipinski definition) is 3. The van der Waals surface area contributed by atoms with Crippen LogP contribution >= 0.6 is 15.9 Å². The minimum absolute atomic E-state index is 0.00639. The molecule has 0 unspecified atom stereocenters. The number of phenols is 1. The van der Waals surface area contributed by atoms with E-state index in [1.54, 1.807) is 6.07 Å². The molecule has 0 bridgehead atoms. The quantitative estimate of drug-likeness (QED) is 0.583. The fourth-order valence-electron chi connectivity index (χ4n) is 2.44. The second-order valence-corrected chi connectivity index (χ2v) is 12.6. The Morgan fingerprint density at radius 2 is 2.00 bits per heavy atom. The molecule has 2 aromatic carbocycles. The van der Waals surface area contributed by atoms with Crippen molar-refractivity contribution in [2.75, 3.05) is 7.11 Å². The number of ether oxygens (including phenoxy) is 1. The molecule has 5 heteroatoms. The van der Waals surface area contributed by atoms with Crippen LogP contribution in [0.25, 0.3) is 10.8 Å². The van der Waals surface area contributed by atoms with Crippen molar-refractivity contribution < 1.29 is 14.6 Å².